The van der Waals surface area contributed by atoms with Crippen LogP contribution in [-0.2, 0) is 0 Å². The van der Waals surface area contributed by atoms with Crippen molar-refractivity contribution in [3.63, 3.8) is 0 Å². The molecule has 1 heteroatoms. The predicted molar refractivity (Wildman–Crippen MR) is 35.9 cm³/mol. The molecule has 0 aliphatic rings. The third-order valence-corrected chi connectivity index (χ3v) is 6.61. The van der Waals surface area contributed by atoms with E-state index < -0.39 is 0 Å². The van der Waals surface area contributed by atoms with Gasteiger partial charge in [0.2, 0.25) is 0 Å². The van der Waals surface area contributed by atoms with Crippen LogP contribution in [0, 0.1) is 0 Å². The molecule has 0 bridgehead atoms. The molecule has 0 saturated heterocycles. The molecule has 0 heterocycles. The van der Waals surface area contributed by atoms with E-state index in [0.29, 0.717) is 0 Å². The fourth-order valence-corrected chi connectivity index (χ4v) is 3.71. The molecule has 0 spiro atoms. The van der Waals surface area contributed by atoms with Crippen LogP contribution in [0.5, 0.6) is 0 Å². The van der Waals surface area contributed by atoms with E-state index >= 15 is 0 Å². The Morgan fingerprint density at radius 3 is 1.71 bits per heavy atom. The van der Waals surface area contributed by atoms with Crippen molar-refractivity contribution < 1.29 is 0 Å². The number of hydrogen-bond donors (Lipinski definition) is 0. The van der Waals surface area contributed by atoms with Crippen LogP contribution in [0.4, 0.5) is 0 Å². The molecule has 0 aliphatic heterocycles. The van der Waals surface area contributed by atoms with E-state index in [2.05, 4.69) is 13.8 Å². The van der Waals surface area contributed by atoms with Gasteiger partial charge in [-0.1, -0.05) is 0 Å². The molecule has 0 N–H and O–H groups in total. The van der Waals surface area contributed by atoms with Gasteiger partial charge in [-0.25, -0.2) is 0 Å². The average molecular weight is 201 g/mol. The summed E-state index contributed by atoms with van der Waals surface area (Å²) >= 11 is 0.0336. The standard InChI is InChI=1S/2C3H7.In/c2*1-3-2;/h2*1,3H2,2H3;. The summed E-state index contributed by atoms with van der Waals surface area (Å²) < 4.78 is 3.23. The predicted octanol–water partition coefficient (Wildman–Crippen LogP) is 2.35. The van der Waals surface area contributed by atoms with Crippen molar-refractivity contribution in [1.82, 2.24) is 0 Å². The van der Waals surface area contributed by atoms with Crippen LogP contribution in [0.15, 0.2) is 0 Å². The fraction of sp³-hybridized carbons (Fsp3) is 1.00. The van der Waals surface area contributed by atoms with Crippen molar-refractivity contribution in [1.29, 1.82) is 0 Å². The van der Waals surface area contributed by atoms with E-state index in [-0.39, 0.29) is 22.9 Å². The van der Waals surface area contributed by atoms with Crippen molar-refractivity contribution in [2.45, 2.75) is 35.0 Å². The summed E-state index contributed by atoms with van der Waals surface area (Å²) in [5.41, 5.74) is 0. The van der Waals surface area contributed by atoms with Gasteiger partial charge < -0.3 is 0 Å². The van der Waals surface area contributed by atoms with Crippen molar-refractivity contribution in [3.8, 4) is 0 Å². The van der Waals surface area contributed by atoms with Crippen molar-refractivity contribution >= 4 is 22.9 Å². The van der Waals surface area contributed by atoms with Gasteiger partial charge in [0.25, 0.3) is 0 Å². The molecule has 0 unspecified atom stereocenters. The number of hydrogen-bond acceptors (Lipinski definition) is 0. The number of rotatable bonds is 4. The fourth-order valence-electron chi connectivity index (χ4n) is 0.553. The normalized spacial score (nSPS) is 8.86. The summed E-state index contributed by atoms with van der Waals surface area (Å²) in [6, 6.07) is 0. The Morgan fingerprint density at radius 2 is 1.43 bits per heavy atom. The monoisotopic (exact) mass is 201 g/mol. The zero-order valence-corrected chi connectivity index (χ0v) is 8.70. The second-order valence-corrected chi connectivity index (χ2v) is 6.81. The van der Waals surface area contributed by atoms with Crippen LogP contribution in [0.3, 0.4) is 0 Å². The van der Waals surface area contributed by atoms with E-state index in [0.717, 1.165) is 0 Å². The first-order valence-corrected chi connectivity index (χ1v) is 7.89. The Labute approximate surface area is 58.0 Å². The second-order valence-electron chi connectivity index (χ2n) is 1.87. The summed E-state index contributed by atoms with van der Waals surface area (Å²) in [4.78, 5) is 0. The Kier molecular flexibility index (Phi) is 7.72. The Bertz CT molecular complexity index is 23.4. The Morgan fingerprint density at radius 1 is 1.00 bits per heavy atom. The molecular formula is C6H14In. The molecular weight excluding hydrogens is 187 g/mol. The molecule has 7 heavy (non-hydrogen) atoms. The van der Waals surface area contributed by atoms with E-state index in [1.165, 1.54) is 12.8 Å². The van der Waals surface area contributed by atoms with Gasteiger partial charge in [0.05, 0.1) is 0 Å². The van der Waals surface area contributed by atoms with Crippen LogP contribution in [0.2, 0.25) is 8.35 Å². The molecule has 0 amide bonds. The van der Waals surface area contributed by atoms with Gasteiger partial charge in [0, 0.05) is 0 Å². The average Bonchev–Trinajstić information content (AvgIpc) is 1.69. The third-order valence-electron chi connectivity index (χ3n) is 0.986. The van der Waals surface area contributed by atoms with Crippen molar-refractivity contribution in [2.75, 3.05) is 0 Å². The second kappa shape index (κ2) is 6.87. The first-order valence-electron chi connectivity index (χ1n) is 3.23. The minimum atomic E-state index is 0.0336. The van der Waals surface area contributed by atoms with E-state index in [9.17, 15) is 0 Å². The summed E-state index contributed by atoms with van der Waals surface area (Å²) in [5.74, 6) is 0. The van der Waals surface area contributed by atoms with Crippen LogP contribution in [0.25, 0.3) is 0 Å². The minimum absolute atomic E-state index is 0.0336. The summed E-state index contributed by atoms with van der Waals surface area (Å²) in [6.45, 7) is 4.59. The van der Waals surface area contributed by atoms with Gasteiger partial charge in [-0.05, 0) is 0 Å². The summed E-state index contributed by atoms with van der Waals surface area (Å²) in [6.07, 6.45) is 2.89. The maximum absolute atomic E-state index is 2.29. The van der Waals surface area contributed by atoms with Crippen LogP contribution in [0.1, 0.15) is 26.7 Å². The molecule has 0 aromatic rings. The van der Waals surface area contributed by atoms with Gasteiger partial charge in [-0.3, -0.25) is 0 Å². The van der Waals surface area contributed by atoms with Crippen LogP contribution < -0.4 is 0 Å². The van der Waals surface area contributed by atoms with Gasteiger partial charge in [-0.2, -0.15) is 0 Å². The van der Waals surface area contributed by atoms with E-state index in [4.69, 9.17) is 0 Å². The molecule has 0 aromatic carbocycles. The van der Waals surface area contributed by atoms with Crippen LogP contribution >= 0.6 is 0 Å². The quantitative estimate of drug-likeness (QED) is 0.612. The SMILES string of the molecule is CC[CH2][In][CH2]CC. The van der Waals surface area contributed by atoms with Crippen molar-refractivity contribution in [3.05, 3.63) is 0 Å². The molecule has 0 saturated carbocycles. The van der Waals surface area contributed by atoms with E-state index in [1.807, 2.05) is 0 Å². The van der Waals surface area contributed by atoms with Gasteiger partial charge in [0.1, 0.15) is 0 Å². The third kappa shape index (κ3) is 6.87. The zero-order valence-electron chi connectivity index (χ0n) is 5.41. The molecule has 0 aliphatic carbocycles. The van der Waals surface area contributed by atoms with Gasteiger partial charge in [-0.15, -0.1) is 0 Å². The topological polar surface area (TPSA) is 0 Å². The van der Waals surface area contributed by atoms with E-state index in [1.54, 1.807) is 8.35 Å². The first kappa shape index (κ1) is 7.87. The molecule has 0 rings (SSSR count). The summed E-state index contributed by atoms with van der Waals surface area (Å²) in [5, 5.41) is 0. The summed E-state index contributed by atoms with van der Waals surface area (Å²) in [7, 11) is 0. The van der Waals surface area contributed by atoms with Gasteiger partial charge in [0.15, 0.2) is 0 Å². The molecule has 41 valence electrons. The molecule has 1 radical (unpaired) electrons. The van der Waals surface area contributed by atoms with Crippen LogP contribution in [-0.4, -0.2) is 22.9 Å². The Balaban J connectivity index is 2.45. The first-order chi connectivity index (χ1) is 3.41. The van der Waals surface area contributed by atoms with Gasteiger partial charge >= 0.3 is 58.0 Å². The molecule has 0 aromatic heterocycles. The Hall–Kier alpha value is 0.870. The maximum atomic E-state index is 2.29. The molecule has 0 fully saturated rings. The van der Waals surface area contributed by atoms with Crippen molar-refractivity contribution in [2.24, 2.45) is 0 Å². The molecule has 0 nitrogen and oxygen atoms in total. The molecule has 0 atom stereocenters. The zero-order chi connectivity index (χ0) is 5.54.